The van der Waals surface area contributed by atoms with Gasteiger partial charge in [-0.1, -0.05) is 60.9 Å². The van der Waals surface area contributed by atoms with Crippen LogP contribution in [-0.2, 0) is 4.79 Å². The van der Waals surface area contributed by atoms with Crippen molar-refractivity contribution < 1.29 is 4.79 Å². The van der Waals surface area contributed by atoms with Crippen LogP contribution in [0.4, 0.5) is 11.4 Å². The number of amides is 1. The van der Waals surface area contributed by atoms with Gasteiger partial charge in [-0.2, -0.15) is 0 Å². The van der Waals surface area contributed by atoms with Gasteiger partial charge >= 0.3 is 0 Å². The molecule has 0 radical (unpaired) electrons. The molecule has 0 unspecified atom stereocenters. The Balaban J connectivity index is 1.57. The Morgan fingerprint density at radius 1 is 1.00 bits per heavy atom. The van der Waals surface area contributed by atoms with Crippen LogP contribution in [0, 0.1) is 6.92 Å². The highest BCUT2D eigenvalue weighted by Crippen LogP contribution is 2.51. The predicted molar refractivity (Wildman–Crippen MR) is 133 cm³/mol. The Hall–Kier alpha value is -2.18. The summed E-state index contributed by atoms with van der Waals surface area (Å²) in [6, 6.07) is 16.9. The molecule has 3 aliphatic rings. The zero-order chi connectivity index (χ0) is 21.4. The minimum Gasteiger partial charge on any atom is -0.334 e. The molecule has 1 saturated carbocycles. The minimum absolute atomic E-state index is 0.0390. The van der Waals surface area contributed by atoms with E-state index in [1.165, 1.54) is 35.4 Å². The second-order valence-electron chi connectivity index (χ2n) is 8.23. The molecule has 1 saturated heterocycles. The maximum absolute atomic E-state index is 13.8. The van der Waals surface area contributed by atoms with Crippen LogP contribution >= 0.6 is 23.5 Å². The number of thioether (sulfide) groups is 2. The lowest BCUT2D eigenvalue weighted by Crippen LogP contribution is -2.31. The van der Waals surface area contributed by atoms with Crippen molar-refractivity contribution in [3.63, 3.8) is 0 Å². The van der Waals surface area contributed by atoms with Crippen molar-refractivity contribution in [3.8, 4) is 0 Å². The summed E-state index contributed by atoms with van der Waals surface area (Å²) < 4.78 is 0. The normalized spacial score (nSPS) is 23.2. The highest BCUT2D eigenvalue weighted by atomic mass is 32.2. The van der Waals surface area contributed by atoms with E-state index >= 15 is 0 Å². The fourth-order valence-electron chi connectivity index (χ4n) is 4.39. The van der Waals surface area contributed by atoms with Crippen LogP contribution in [0.3, 0.4) is 0 Å². The molecular weight excluding hydrogens is 422 g/mol. The van der Waals surface area contributed by atoms with E-state index in [-0.39, 0.29) is 5.91 Å². The van der Waals surface area contributed by atoms with E-state index in [0.717, 1.165) is 40.2 Å². The third-order valence-electron chi connectivity index (χ3n) is 6.06. The molecule has 1 aliphatic carbocycles. The van der Waals surface area contributed by atoms with Gasteiger partial charge in [0.1, 0.15) is 9.93 Å². The summed E-state index contributed by atoms with van der Waals surface area (Å²) >= 11 is 3.25. The van der Waals surface area contributed by atoms with Crippen LogP contribution in [0.5, 0.6) is 0 Å². The second kappa shape index (κ2) is 8.75. The molecule has 4 nitrogen and oxygen atoms in total. The van der Waals surface area contributed by atoms with Crippen molar-refractivity contribution in [2.75, 3.05) is 16.3 Å². The first kappa shape index (κ1) is 20.7. The van der Waals surface area contributed by atoms with Crippen LogP contribution < -0.4 is 9.80 Å². The molecule has 1 amide bonds. The van der Waals surface area contributed by atoms with Gasteiger partial charge in [-0.05, 0) is 62.7 Å². The highest BCUT2D eigenvalue weighted by molar-refractivity contribution is 8.20. The maximum Gasteiger partial charge on any atom is 0.274 e. The van der Waals surface area contributed by atoms with Crippen LogP contribution in [0.1, 0.15) is 44.6 Å². The number of anilines is 2. The summed E-state index contributed by atoms with van der Waals surface area (Å²) in [6.07, 6.45) is 5.99. The number of aryl methyl sites for hydroxylation is 1. The van der Waals surface area contributed by atoms with E-state index in [1.54, 1.807) is 23.5 Å². The topological polar surface area (TPSA) is 35.9 Å². The predicted octanol–water partition coefficient (Wildman–Crippen LogP) is 6.56. The fraction of sp³-hybridized carbons (Fsp3) is 0.360. The first-order chi connectivity index (χ1) is 15.2. The Morgan fingerprint density at radius 3 is 2.48 bits per heavy atom. The fourth-order valence-corrected chi connectivity index (χ4v) is 6.84. The van der Waals surface area contributed by atoms with E-state index in [0.29, 0.717) is 6.04 Å². The molecule has 0 aromatic heterocycles. The van der Waals surface area contributed by atoms with Gasteiger partial charge < -0.3 is 4.90 Å². The van der Waals surface area contributed by atoms with Crippen LogP contribution in [0.15, 0.2) is 68.4 Å². The van der Waals surface area contributed by atoms with E-state index in [9.17, 15) is 4.79 Å². The van der Waals surface area contributed by atoms with E-state index < -0.39 is 0 Å². The summed E-state index contributed by atoms with van der Waals surface area (Å²) in [4.78, 5) is 25.0. The molecule has 160 valence electrons. The summed E-state index contributed by atoms with van der Waals surface area (Å²) in [5.41, 5.74) is 3.27. The molecule has 0 atom stereocenters. The number of rotatable bonds is 3. The van der Waals surface area contributed by atoms with Crippen molar-refractivity contribution in [2.45, 2.75) is 56.9 Å². The van der Waals surface area contributed by atoms with Crippen LogP contribution in [-0.4, -0.2) is 23.7 Å². The standard InChI is InChI=1S/C25H27N3OS2/c1-3-27-20-11-7-8-12-21(20)30-24(27)22-23(29)28(19-15-13-17(2)14-16-19)25(31-22)26-18-9-5-4-6-10-18/h7-8,11-16,18H,3-6,9-10H2,1-2H3. The minimum atomic E-state index is 0.0390. The smallest absolute Gasteiger partial charge is 0.274 e. The molecule has 2 fully saturated rings. The van der Waals surface area contributed by atoms with Crippen LogP contribution in [0.2, 0.25) is 0 Å². The monoisotopic (exact) mass is 449 g/mol. The number of benzene rings is 2. The zero-order valence-electron chi connectivity index (χ0n) is 18.0. The average Bonchev–Trinajstić information content (AvgIpc) is 3.32. The van der Waals surface area contributed by atoms with Gasteiger partial charge in [-0.15, -0.1) is 0 Å². The molecule has 2 aromatic rings. The summed E-state index contributed by atoms with van der Waals surface area (Å²) in [7, 11) is 0. The molecule has 0 N–H and O–H groups in total. The second-order valence-corrected chi connectivity index (χ2v) is 10.2. The van der Waals surface area contributed by atoms with Crippen molar-refractivity contribution in [1.29, 1.82) is 0 Å². The Labute approximate surface area is 192 Å². The third kappa shape index (κ3) is 3.92. The van der Waals surface area contributed by atoms with Gasteiger partial charge in [0, 0.05) is 11.4 Å². The number of aliphatic imine (C=N–C) groups is 1. The van der Waals surface area contributed by atoms with Crippen molar-refractivity contribution >= 4 is 46.0 Å². The molecule has 2 aromatic carbocycles. The first-order valence-corrected chi connectivity index (χ1v) is 12.7. The number of carbonyl (C=O) groups is 1. The van der Waals surface area contributed by atoms with Crippen molar-refractivity contribution in [3.05, 3.63) is 64.0 Å². The number of hydrogen-bond acceptors (Lipinski definition) is 5. The van der Waals surface area contributed by atoms with Gasteiger partial charge in [0.25, 0.3) is 5.91 Å². The van der Waals surface area contributed by atoms with Gasteiger partial charge in [0.05, 0.1) is 17.4 Å². The largest absolute Gasteiger partial charge is 0.334 e. The quantitative estimate of drug-likeness (QED) is 0.497. The number of amidine groups is 1. The molecule has 6 heteroatoms. The van der Waals surface area contributed by atoms with Crippen molar-refractivity contribution in [2.24, 2.45) is 4.99 Å². The number of hydrogen-bond donors (Lipinski definition) is 0. The van der Waals surface area contributed by atoms with Gasteiger partial charge in [0.2, 0.25) is 0 Å². The molecule has 2 aliphatic heterocycles. The molecular formula is C25H27N3OS2. The van der Waals surface area contributed by atoms with Gasteiger partial charge in [-0.3, -0.25) is 14.7 Å². The lowest BCUT2D eigenvalue weighted by Gasteiger charge is -2.21. The molecule has 0 spiro atoms. The zero-order valence-corrected chi connectivity index (χ0v) is 19.6. The number of carbonyl (C=O) groups excluding carboxylic acids is 1. The summed E-state index contributed by atoms with van der Waals surface area (Å²) in [5.74, 6) is 0.0390. The number of nitrogens with zero attached hydrogens (tertiary/aromatic N) is 3. The van der Waals surface area contributed by atoms with Gasteiger partial charge in [0.15, 0.2) is 5.17 Å². The maximum atomic E-state index is 13.8. The summed E-state index contributed by atoms with van der Waals surface area (Å²) in [6.45, 7) is 5.04. The Kier molecular flexibility index (Phi) is 5.85. The van der Waals surface area contributed by atoms with Crippen LogP contribution in [0.25, 0.3) is 0 Å². The van der Waals surface area contributed by atoms with E-state index in [1.807, 2.05) is 17.0 Å². The number of fused-ring (bicyclic) bond motifs is 1. The average molecular weight is 450 g/mol. The van der Waals surface area contributed by atoms with Gasteiger partial charge in [-0.25, -0.2) is 0 Å². The SMILES string of the molecule is CCN1C(=C2SC(=NC3CCCCC3)N(c3ccc(C)cc3)C2=O)Sc2ccccc21. The lowest BCUT2D eigenvalue weighted by molar-refractivity contribution is -0.113. The van der Waals surface area contributed by atoms with Crippen molar-refractivity contribution in [1.82, 2.24) is 0 Å². The first-order valence-electron chi connectivity index (χ1n) is 11.1. The molecule has 5 rings (SSSR count). The molecule has 2 heterocycles. The lowest BCUT2D eigenvalue weighted by atomic mass is 9.96. The summed E-state index contributed by atoms with van der Waals surface area (Å²) in [5, 5.41) is 1.86. The Morgan fingerprint density at radius 2 is 1.74 bits per heavy atom. The van der Waals surface area contributed by atoms with E-state index in [4.69, 9.17) is 4.99 Å². The number of para-hydroxylation sites is 1. The van der Waals surface area contributed by atoms with E-state index in [2.05, 4.69) is 55.1 Å². The highest BCUT2D eigenvalue weighted by Gasteiger charge is 2.40. The molecule has 31 heavy (non-hydrogen) atoms. The Bertz CT molecular complexity index is 1050. The molecule has 0 bridgehead atoms. The third-order valence-corrected chi connectivity index (χ3v) is 8.42.